The first kappa shape index (κ1) is 13.0. The number of benzene rings is 2. The van der Waals surface area contributed by atoms with Crippen molar-refractivity contribution in [1.82, 2.24) is 0 Å². The van der Waals surface area contributed by atoms with Crippen LogP contribution < -0.4 is 0 Å². The highest BCUT2D eigenvalue weighted by Crippen LogP contribution is 2.42. The molecule has 19 heavy (non-hydrogen) atoms. The molecule has 2 atom stereocenters. The van der Waals surface area contributed by atoms with Crippen molar-refractivity contribution in [2.24, 2.45) is 0 Å². The molecule has 0 saturated carbocycles. The van der Waals surface area contributed by atoms with Gasteiger partial charge >= 0.3 is 0 Å². The van der Waals surface area contributed by atoms with Crippen LogP contribution in [0.2, 0.25) is 10.0 Å². The van der Waals surface area contributed by atoms with Crippen LogP contribution in [0.1, 0.15) is 35.1 Å². The standard InChI is InChI=1S/C16H14Cl2O/c17-14-8-6-11(9-15(14)18)16(19)13-7-5-10-3-1-2-4-12(10)13/h1-4,6,8-9,13,16,19H,5,7H2. The van der Waals surface area contributed by atoms with E-state index in [0.717, 1.165) is 18.4 Å². The highest BCUT2D eigenvalue weighted by atomic mass is 35.5. The van der Waals surface area contributed by atoms with Gasteiger partial charge < -0.3 is 5.11 Å². The molecule has 3 rings (SSSR count). The van der Waals surface area contributed by atoms with Crippen molar-refractivity contribution >= 4 is 23.2 Å². The normalized spacial score (nSPS) is 19.2. The molecule has 0 aromatic heterocycles. The molecule has 0 aliphatic heterocycles. The van der Waals surface area contributed by atoms with Gasteiger partial charge in [0, 0.05) is 5.92 Å². The van der Waals surface area contributed by atoms with Crippen molar-refractivity contribution in [3.8, 4) is 0 Å². The minimum Gasteiger partial charge on any atom is -0.388 e. The molecule has 0 amide bonds. The predicted octanol–water partition coefficient (Wildman–Crippen LogP) is 4.76. The lowest BCUT2D eigenvalue weighted by molar-refractivity contribution is 0.145. The van der Waals surface area contributed by atoms with Crippen LogP contribution in [0.3, 0.4) is 0 Å². The van der Waals surface area contributed by atoms with Gasteiger partial charge in [0.05, 0.1) is 16.1 Å². The van der Waals surface area contributed by atoms with Crippen molar-refractivity contribution in [3.05, 3.63) is 69.2 Å². The summed E-state index contributed by atoms with van der Waals surface area (Å²) in [6.45, 7) is 0. The zero-order valence-electron chi connectivity index (χ0n) is 10.3. The van der Waals surface area contributed by atoms with Crippen LogP contribution in [-0.2, 0) is 6.42 Å². The molecule has 2 unspecified atom stereocenters. The number of aliphatic hydroxyl groups excluding tert-OH is 1. The molecule has 0 bridgehead atoms. The van der Waals surface area contributed by atoms with E-state index in [1.165, 1.54) is 11.1 Å². The van der Waals surface area contributed by atoms with Crippen LogP contribution in [0.15, 0.2) is 42.5 Å². The molecule has 1 aliphatic carbocycles. The minimum absolute atomic E-state index is 0.147. The average Bonchev–Trinajstić information content (AvgIpc) is 2.85. The molecule has 1 aliphatic rings. The smallest absolute Gasteiger partial charge is 0.0859 e. The Morgan fingerprint density at radius 2 is 1.84 bits per heavy atom. The van der Waals surface area contributed by atoms with Gasteiger partial charge in [0.25, 0.3) is 0 Å². The lowest BCUT2D eigenvalue weighted by atomic mass is 9.91. The first-order valence-electron chi connectivity index (χ1n) is 6.37. The maximum atomic E-state index is 10.6. The van der Waals surface area contributed by atoms with Crippen LogP contribution in [0.25, 0.3) is 0 Å². The Labute approximate surface area is 122 Å². The van der Waals surface area contributed by atoms with E-state index >= 15 is 0 Å². The van der Waals surface area contributed by atoms with E-state index in [0.29, 0.717) is 10.0 Å². The molecular weight excluding hydrogens is 279 g/mol. The van der Waals surface area contributed by atoms with Crippen molar-refractivity contribution in [2.75, 3.05) is 0 Å². The van der Waals surface area contributed by atoms with E-state index in [-0.39, 0.29) is 5.92 Å². The van der Waals surface area contributed by atoms with Gasteiger partial charge in [0.2, 0.25) is 0 Å². The largest absolute Gasteiger partial charge is 0.388 e. The third-order valence-corrected chi connectivity index (χ3v) is 4.58. The molecule has 3 heteroatoms. The SMILES string of the molecule is OC(c1ccc(Cl)c(Cl)c1)C1CCc2ccccc21. The zero-order valence-corrected chi connectivity index (χ0v) is 11.8. The third kappa shape index (κ3) is 2.38. The fourth-order valence-corrected chi connectivity index (χ4v) is 3.15. The average molecular weight is 293 g/mol. The first-order chi connectivity index (χ1) is 9.16. The Morgan fingerprint density at radius 1 is 1.05 bits per heavy atom. The molecule has 2 aromatic rings. The zero-order chi connectivity index (χ0) is 13.4. The molecule has 0 fully saturated rings. The Morgan fingerprint density at radius 3 is 2.63 bits per heavy atom. The van der Waals surface area contributed by atoms with Crippen molar-refractivity contribution in [1.29, 1.82) is 0 Å². The highest BCUT2D eigenvalue weighted by Gasteiger charge is 2.29. The Hall–Kier alpha value is -1.02. The lowest BCUT2D eigenvalue weighted by Gasteiger charge is -2.20. The summed E-state index contributed by atoms with van der Waals surface area (Å²) in [4.78, 5) is 0. The van der Waals surface area contributed by atoms with E-state index < -0.39 is 6.10 Å². The summed E-state index contributed by atoms with van der Waals surface area (Å²) >= 11 is 11.9. The fourth-order valence-electron chi connectivity index (χ4n) is 2.85. The van der Waals surface area contributed by atoms with Crippen LogP contribution in [0.4, 0.5) is 0 Å². The molecular formula is C16H14Cl2O. The van der Waals surface area contributed by atoms with Crippen LogP contribution >= 0.6 is 23.2 Å². The second-order valence-electron chi connectivity index (χ2n) is 4.96. The van der Waals surface area contributed by atoms with Crippen molar-refractivity contribution < 1.29 is 5.11 Å². The number of halogens is 2. The number of hydrogen-bond acceptors (Lipinski definition) is 1. The maximum Gasteiger partial charge on any atom is 0.0859 e. The lowest BCUT2D eigenvalue weighted by Crippen LogP contribution is -2.08. The molecule has 98 valence electrons. The highest BCUT2D eigenvalue weighted by molar-refractivity contribution is 6.42. The summed E-state index contributed by atoms with van der Waals surface area (Å²) in [5, 5.41) is 11.6. The second kappa shape index (κ2) is 5.16. The summed E-state index contributed by atoms with van der Waals surface area (Å²) in [5.74, 6) is 0.147. The van der Waals surface area contributed by atoms with Gasteiger partial charge in [0.15, 0.2) is 0 Å². The summed E-state index contributed by atoms with van der Waals surface area (Å²) in [6, 6.07) is 13.7. The molecule has 0 radical (unpaired) electrons. The summed E-state index contributed by atoms with van der Waals surface area (Å²) in [5.41, 5.74) is 3.42. The second-order valence-corrected chi connectivity index (χ2v) is 5.78. The molecule has 0 heterocycles. The molecule has 1 N–H and O–H groups in total. The molecule has 0 spiro atoms. The van der Waals surface area contributed by atoms with E-state index in [1.807, 2.05) is 18.2 Å². The number of rotatable bonds is 2. The number of aliphatic hydroxyl groups is 1. The Bertz CT molecular complexity index is 609. The van der Waals surface area contributed by atoms with Crippen molar-refractivity contribution in [3.63, 3.8) is 0 Å². The van der Waals surface area contributed by atoms with Gasteiger partial charge in [-0.15, -0.1) is 0 Å². The van der Waals surface area contributed by atoms with Gasteiger partial charge in [-0.2, -0.15) is 0 Å². The predicted molar refractivity (Wildman–Crippen MR) is 78.9 cm³/mol. The van der Waals surface area contributed by atoms with Crippen molar-refractivity contribution in [2.45, 2.75) is 24.9 Å². The monoisotopic (exact) mass is 292 g/mol. The summed E-state index contributed by atoms with van der Waals surface area (Å²) in [7, 11) is 0. The van der Waals surface area contributed by atoms with E-state index in [1.54, 1.807) is 12.1 Å². The first-order valence-corrected chi connectivity index (χ1v) is 7.13. The van der Waals surface area contributed by atoms with E-state index in [2.05, 4.69) is 12.1 Å². The number of aryl methyl sites for hydroxylation is 1. The molecule has 2 aromatic carbocycles. The molecule has 1 nitrogen and oxygen atoms in total. The van der Waals surface area contributed by atoms with Gasteiger partial charge in [-0.25, -0.2) is 0 Å². The minimum atomic E-state index is -0.529. The number of hydrogen-bond donors (Lipinski definition) is 1. The van der Waals surface area contributed by atoms with Gasteiger partial charge in [-0.05, 0) is 41.7 Å². The molecule has 0 saturated heterocycles. The van der Waals surface area contributed by atoms with E-state index in [9.17, 15) is 5.11 Å². The summed E-state index contributed by atoms with van der Waals surface area (Å²) < 4.78 is 0. The summed E-state index contributed by atoms with van der Waals surface area (Å²) in [6.07, 6.45) is 1.47. The maximum absolute atomic E-state index is 10.6. The Kier molecular flexibility index (Phi) is 3.53. The quantitative estimate of drug-likeness (QED) is 0.846. The van der Waals surface area contributed by atoms with Gasteiger partial charge in [-0.3, -0.25) is 0 Å². The van der Waals surface area contributed by atoms with Crippen LogP contribution in [-0.4, -0.2) is 5.11 Å². The van der Waals surface area contributed by atoms with Crippen LogP contribution in [0, 0.1) is 0 Å². The fraction of sp³-hybridized carbons (Fsp3) is 0.250. The van der Waals surface area contributed by atoms with Gasteiger partial charge in [-0.1, -0.05) is 53.5 Å². The number of fused-ring (bicyclic) bond motifs is 1. The van der Waals surface area contributed by atoms with Gasteiger partial charge in [0.1, 0.15) is 0 Å². The Balaban J connectivity index is 1.93. The van der Waals surface area contributed by atoms with Crippen LogP contribution in [0.5, 0.6) is 0 Å². The topological polar surface area (TPSA) is 20.2 Å². The third-order valence-electron chi connectivity index (χ3n) is 3.85. The van der Waals surface area contributed by atoms with E-state index in [4.69, 9.17) is 23.2 Å².